The van der Waals surface area contributed by atoms with Crippen LogP contribution in [0.4, 0.5) is 17.6 Å². The molecule has 2 aromatic carbocycles. The fourth-order valence-corrected chi connectivity index (χ4v) is 3.14. The number of nitriles is 1. The smallest absolute Gasteiger partial charge is 0.352 e. The van der Waals surface area contributed by atoms with Gasteiger partial charge in [-0.1, -0.05) is 12.1 Å². The van der Waals surface area contributed by atoms with Crippen molar-refractivity contribution in [3.63, 3.8) is 0 Å². The van der Waals surface area contributed by atoms with Crippen LogP contribution in [0.1, 0.15) is 32.7 Å². The van der Waals surface area contributed by atoms with Crippen molar-refractivity contribution in [2.75, 3.05) is 7.11 Å². The number of carbonyl (C=O) groups excluding carboxylic acids is 1. The normalized spacial score (nSPS) is 11.2. The Labute approximate surface area is 190 Å². The molecular formula is C23H17F4N3O4. The van der Waals surface area contributed by atoms with E-state index in [4.69, 9.17) is 14.7 Å². The third-order valence-corrected chi connectivity index (χ3v) is 4.86. The Balaban J connectivity index is 2.16. The largest absolute Gasteiger partial charge is 0.497 e. The SMILES string of the molecule is COc1ccc(Cn2cnc(C(F)(F)C(F)F)c(Oc3c(C)cc(C#N)cc3C=O)c2=O)cc1. The van der Waals surface area contributed by atoms with Gasteiger partial charge in [-0.3, -0.25) is 14.2 Å². The summed E-state index contributed by atoms with van der Waals surface area (Å²) in [5.41, 5.74) is -2.17. The van der Waals surface area contributed by atoms with Crippen LogP contribution in [-0.4, -0.2) is 29.4 Å². The number of aryl methyl sites for hydroxylation is 1. The van der Waals surface area contributed by atoms with E-state index in [0.717, 1.165) is 17.0 Å². The number of methoxy groups -OCH3 is 1. The molecule has 0 fully saturated rings. The number of hydrogen-bond donors (Lipinski definition) is 0. The number of aldehydes is 1. The van der Waals surface area contributed by atoms with Crippen LogP contribution < -0.4 is 15.0 Å². The van der Waals surface area contributed by atoms with Crippen LogP contribution in [0.5, 0.6) is 17.2 Å². The Kier molecular flexibility index (Phi) is 7.00. The second-order valence-electron chi connectivity index (χ2n) is 7.17. The number of halogens is 4. The molecule has 0 saturated carbocycles. The van der Waals surface area contributed by atoms with E-state index in [0.29, 0.717) is 17.6 Å². The summed E-state index contributed by atoms with van der Waals surface area (Å²) >= 11 is 0. The van der Waals surface area contributed by atoms with Gasteiger partial charge in [-0.25, -0.2) is 13.8 Å². The molecule has 0 aliphatic carbocycles. The van der Waals surface area contributed by atoms with E-state index in [2.05, 4.69) is 4.98 Å². The zero-order valence-electron chi connectivity index (χ0n) is 17.9. The number of ether oxygens (including phenoxy) is 2. The first-order valence-corrected chi connectivity index (χ1v) is 9.69. The van der Waals surface area contributed by atoms with Crippen molar-refractivity contribution in [2.24, 2.45) is 0 Å². The average molecular weight is 475 g/mol. The summed E-state index contributed by atoms with van der Waals surface area (Å²) < 4.78 is 66.2. The predicted molar refractivity (Wildman–Crippen MR) is 112 cm³/mol. The second kappa shape index (κ2) is 9.74. The third kappa shape index (κ3) is 4.76. The lowest BCUT2D eigenvalue weighted by atomic mass is 10.1. The van der Waals surface area contributed by atoms with Crippen molar-refractivity contribution in [3.8, 4) is 23.3 Å². The van der Waals surface area contributed by atoms with Gasteiger partial charge in [0.2, 0.25) is 5.75 Å². The number of alkyl halides is 4. The van der Waals surface area contributed by atoms with Crippen molar-refractivity contribution in [1.29, 1.82) is 5.26 Å². The molecule has 0 atom stereocenters. The molecule has 0 aliphatic heterocycles. The maximum Gasteiger partial charge on any atom is 0.352 e. The molecule has 7 nitrogen and oxygen atoms in total. The molecule has 3 rings (SSSR count). The fourth-order valence-electron chi connectivity index (χ4n) is 3.14. The van der Waals surface area contributed by atoms with Crippen molar-refractivity contribution in [1.82, 2.24) is 9.55 Å². The lowest BCUT2D eigenvalue weighted by molar-refractivity contribution is -0.139. The van der Waals surface area contributed by atoms with Gasteiger partial charge in [-0.05, 0) is 42.3 Å². The molecule has 0 N–H and O–H groups in total. The lowest BCUT2D eigenvalue weighted by Crippen LogP contribution is -2.31. The van der Waals surface area contributed by atoms with E-state index in [1.165, 1.54) is 20.1 Å². The minimum Gasteiger partial charge on any atom is -0.497 e. The van der Waals surface area contributed by atoms with Gasteiger partial charge in [0.25, 0.3) is 5.56 Å². The standard InChI is InChI=1S/C23H17F4N3O4/c1-13-7-15(9-28)8-16(11-31)18(13)34-19-20(23(26,27)22(24)25)29-12-30(21(19)32)10-14-3-5-17(33-2)6-4-14/h3-8,11-12,22H,10H2,1-2H3. The highest BCUT2D eigenvalue weighted by molar-refractivity contribution is 5.81. The molecule has 0 unspecified atom stereocenters. The van der Waals surface area contributed by atoms with Crippen LogP contribution in [0.15, 0.2) is 47.5 Å². The molecule has 11 heteroatoms. The van der Waals surface area contributed by atoms with Gasteiger partial charge in [0, 0.05) is 0 Å². The number of carbonyl (C=O) groups is 1. The summed E-state index contributed by atoms with van der Waals surface area (Å²) in [7, 11) is 1.47. The van der Waals surface area contributed by atoms with Gasteiger partial charge in [0.1, 0.15) is 11.5 Å². The van der Waals surface area contributed by atoms with Crippen molar-refractivity contribution in [3.05, 3.63) is 81.0 Å². The topological polar surface area (TPSA) is 94.2 Å². The van der Waals surface area contributed by atoms with Gasteiger partial charge in [0.15, 0.2) is 12.0 Å². The van der Waals surface area contributed by atoms with Crippen LogP contribution in [-0.2, 0) is 12.5 Å². The van der Waals surface area contributed by atoms with E-state index in [9.17, 15) is 27.2 Å². The van der Waals surface area contributed by atoms with Crippen molar-refractivity contribution < 1.29 is 31.8 Å². The average Bonchev–Trinajstić information content (AvgIpc) is 2.82. The summed E-state index contributed by atoms with van der Waals surface area (Å²) in [4.78, 5) is 28.0. The number of benzene rings is 2. The van der Waals surface area contributed by atoms with Crippen LogP contribution in [0.25, 0.3) is 0 Å². The minimum absolute atomic E-state index is 0.0770. The minimum atomic E-state index is -4.81. The molecule has 0 amide bonds. The van der Waals surface area contributed by atoms with Crippen LogP contribution in [0.3, 0.4) is 0 Å². The predicted octanol–water partition coefficient (Wildman–Crippen LogP) is 4.44. The van der Waals surface area contributed by atoms with Crippen molar-refractivity contribution in [2.45, 2.75) is 25.8 Å². The van der Waals surface area contributed by atoms with E-state index in [-0.39, 0.29) is 29.0 Å². The van der Waals surface area contributed by atoms with Crippen LogP contribution >= 0.6 is 0 Å². The molecule has 34 heavy (non-hydrogen) atoms. The van der Waals surface area contributed by atoms with Crippen LogP contribution in [0.2, 0.25) is 0 Å². The van der Waals surface area contributed by atoms with Gasteiger partial charge in [0.05, 0.1) is 37.2 Å². The molecule has 3 aromatic rings. The molecule has 1 aromatic heterocycles. The van der Waals surface area contributed by atoms with E-state index < -0.39 is 29.4 Å². The zero-order chi connectivity index (χ0) is 25.0. The van der Waals surface area contributed by atoms with E-state index >= 15 is 0 Å². The highest BCUT2D eigenvalue weighted by atomic mass is 19.3. The molecule has 176 valence electrons. The molecule has 0 spiro atoms. The number of hydrogen-bond acceptors (Lipinski definition) is 6. The molecule has 0 bridgehead atoms. The van der Waals surface area contributed by atoms with Gasteiger partial charge >= 0.3 is 12.3 Å². The Morgan fingerprint density at radius 3 is 2.44 bits per heavy atom. The third-order valence-electron chi connectivity index (χ3n) is 4.86. The molecule has 0 radical (unpaired) electrons. The number of nitrogens with zero attached hydrogens (tertiary/aromatic N) is 3. The maximum absolute atomic E-state index is 14.3. The Morgan fingerprint density at radius 2 is 1.88 bits per heavy atom. The molecular weight excluding hydrogens is 458 g/mol. The first-order chi connectivity index (χ1) is 16.1. The summed E-state index contributed by atoms with van der Waals surface area (Å²) in [6.07, 6.45) is -3.16. The number of rotatable bonds is 8. The number of aromatic nitrogens is 2. The highest BCUT2D eigenvalue weighted by Gasteiger charge is 2.48. The van der Waals surface area contributed by atoms with Crippen molar-refractivity contribution >= 4 is 6.29 Å². The van der Waals surface area contributed by atoms with E-state index in [1.54, 1.807) is 24.3 Å². The van der Waals surface area contributed by atoms with Gasteiger partial charge < -0.3 is 9.47 Å². The fraction of sp³-hybridized carbons (Fsp3) is 0.217. The molecule has 0 saturated heterocycles. The summed E-state index contributed by atoms with van der Waals surface area (Å²) in [5.74, 6) is -5.75. The summed E-state index contributed by atoms with van der Waals surface area (Å²) in [5, 5.41) is 9.07. The lowest BCUT2D eigenvalue weighted by Gasteiger charge is -2.20. The summed E-state index contributed by atoms with van der Waals surface area (Å²) in [6.45, 7) is 1.26. The van der Waals surface area contributed by atoms with Crippen LogP contribution in [0, 0.1) is 18.3 Å². The summed E-state index contributed by atoms with van der Waals surface area (Å²) in [6, 6.07) is 10.7. The molecule has 1 heterocycles. The van der Waals surface area contributed by atoms with Gasteiger partial charge in [-0.2, -0.15) is 14.0 Å². The maximum atomic E-state index is 14.3. The quantitative estimate of drug-likeness (QED) is 0.353. The highest BCUT2D eigenvalue weighted by Crippen LogP contribution is 2.39. The Morgan fingerprint density at radius 1 is 1.21 bits per heavy atom. The van der Waals surface area contributed by atoms with E-state index in [1.807, 2.05) is 6.07 Å². The monoisotopic (exact) mass is 475 g/mol. The first kappa shape index (κ1) is 24.4. The zero-order valence-corrected chi connectivity index (χ0v) is 17.9. The second-order valence-corrected chi connectivity index (χ2v) is 7.17. The molecule has 0 aliphatic rings. The Hall–Kier alpha value is -4.20. The Bertz CT molecular complexity index is 1320. The van der Waals surface area contributed by atoms with Gasteiger partial charge in [-0.15, -0.1) is 0 Å². The first-order valence-electron chi connectivity index (χ1n) is 9.69.